The molecule has 3 nitrogen and oxygen atoms in total. The lowest BCUT2D eigenvalue weighted by Crippen LogP contribution is -2.40. The molecule has 0 bridgehead atoms. The van der Waals surface area contributed by atoms with Crippen LogP contribution in [0.15, 0.2) is 24.3 Å². The standard InChI is InChI=1S/C16H25NO2/c1-12-5-4-8-16(10-12,11-17)15(18)13-6-3-7-14(9-13)19-2/h3,6-7,9,12,15,18H,4-5,8,10-11,17H2,1-2H3. The first kappa shape index (κ1) is 14.4. The normalized spacial score (nSPS) is 28.9. The highest BCUT2D eigenvalue weighted by Gasteiger charge is 2.40. The molecule has 1 fully saturated rings. The van der Waals surface area contributed by atoms with Gasteiger partial charge in [-0.1, -0.05) is 31.9 Å². The molecule has 0 heterocycles. The molecule has 0 amide bonds. The molecule has 106 valence electrons. The SMILES string of the molecule is COc1cccc(C(O)C2(CN)CCCC(C)C2)c1. The van der Waals surface area contributed by atoms with Crippen LogP contribution in [0.25, 0.3) is 0 Å². The summed E-state index contributed by atoms with van der Waals surface area (Å²) in [7, 11) is 1.65. The van der Waals surface area contributed by atoms with Crippen molar-refractivity contribution in [2.75, 3.05) is 13.7 Å². The molecular formula is C16H25NO2. The second-order valence-corrected chi connectivity index (χ2v) is 5.95. The zero-order valence-electron chi connectivity index (χ0n) is 11.9. The summed E-state index contributed by atoms with van der Waals surface area (Å²) in [5.41, 5.74) is 6.76. The number of hydrogen-bond donors (Lipinski definition) is 2. The van der Waals surface area contributed by atoms with Gasteiger partial charge in [0.15, 0.2) is 0 Å². The molecule has 2 rings (SSSR count). The Labute approximate surface area is 115 Å². The Balaban J connectivity index is 2.26. The highest BCUT2D eigenvalue weighted by atomic mass is 16.5. The molecule has 3 unspecified atom stereocenters. The lowest BCUT2D eigenvalue weighted by atomic mass is 9.65. The van der Waals surface area contributed by atoms with Crippen molar-refractivity contribution in [3.05, 3.63) is 29.8 Å². The third kappa shape index (κ3) is 2.93. The molecular weight excluding hydrogens is 238 g/mol. The molecule has 0 aromatic heterocycles. The van der Waals surface area contributed by atoms with Crippen LogP contribution in [0.4, 0.5) is 0 Å². The fourth-order valence-electron chi connectivity index (χ4n) is 3.41. The highest BCUT2D eigenvalue weighted by Crippen LogP contribution is 2.47. The summed E-state index contributed by atoms with van der Waals surface area (Å²) in [6.07, 6.45) is 3.90. The van der Waals surface area contributed by atoms with Gasteiger partial charge in [-0.25, -0.2) is 0 Å². The van der Waals surface area contributed by atoms with E-state index in [0.717, 1.165) is 30.6 Å². The lowest BCUT2D eigenvalue weighted by Gasteiger charge is -2.43. The van der Waals surface area contributed by atoms with E-state index >= 15 is 0 Å². The molecule has 0 aliphatic heterocycles. The largest absolute Gasteiger partial charge is 0.497 e. The van der Waals surface area contributed by atoms with Crippen molar-refractivity contribution in [3.63, 3.8) is 0 Å². The number of methoxy groups -OCH3 is 1. The summed E-state index contributed by atoms with van der Waals surface area (Å²) >= 11 is 0. The fourth-order valence-corrected chi connectivity index (χ4v) is 3.41. The topological polar surface area (TPSA) is 55.5 Å². The predicted molar refractivity (Wildman–Crippen MR) is 77.1 cm³/mol. The minimum atomic E-state index is -0.504. The van der Waals surface area contributed by atoms with E-state index < -0.39 is 6.10 Å². The van der Waals surface area contributed by atoms with Crippen LogP contribution in [0, 0.1) is 11.3 Å². The van der Waals surface area contributed by atoms with E-state index in [1.54, 1.807) is 7.11 Å². The zero-order chi connectivity index (χ0) is 13.9. The number of hydrogen-bond acceptors (Lipinski definition) is 3. The van der Waals surface area contributed by atoms with E-state index in [0.29, 0.717) is 12.5 Å². The van der Waals surface area contributed by atoms with Gasteiger partial charge in [-0.2, -0.15) is 0 Å². The second kappa shape index (κ2) is 5.93. The van der Waals surface area contributed by atoms with Crippen LogP contribution in [0.2, 0.25) is 0 Å². The molecule has 1 aliphatic carbocycles. The average Bonchev–Trinajstić information content (AvgIpc) is 2.46. The van der Waals surface area contributed by atoms with Gasteiger partial charge in [0, 0.05) is 12.0 Å². The zero-order valence-corrected chi connectivity index (χ0v) is 11.9. The van der Waals surface area contributed by atoms with Gasteiger partial charge in [0.25, 0.3) is 0 Å². The van der Waals surface area contributed by atoms with E-state index in [1.807, 2.05) is 24.3 Å². The van der Waals surface area contributed by atoms with Crippen molar-refractivity contribution >= 4 is 0 Å². The molecule has 3 N–H and O–H groups in total. The minimum Gasteiger partial charge on any atom is -0.497 e. The van der Waals surface area contributed by atoms with Gasteiger partial charge in [-0.15, -0.1) is 0 Å². The third-order valence-corrected chi connectivity index (χ3v) is 4.52. The predicted octanol–water partition coefficient (Wildman–Crippen LogP) is 2.88. The van der Waals surface area contributed by atoms with E-state index in [1.165, 1.54) is 6.42 Å². The lowest BCUT2D eigenvalue weighted by molar-refractivity contribution is -0.0131. The summed E-state index contributed by atoms with van der Waals surface area (Å²) < 4.78 is 5.24. The van der Waals surface area contributed by atoms with Crippen LogP contribution in [0.3, 0.4) is 0 Å². The summed E-state index contributed by atoms with van der Waals surface area (Å²) in [5.74, 6) is 1.42. The summed E-state index contributed by atoms with van der Waals surface area (Å²) in [4.78, 5) is 0. The smallest absolute Gasteiger partial charge is 0.119 e. The minimum absolute atomic E-state index is 0.177. The van der Waals surface area contributed by atoms with Crippen molar-refractivity contribution in [3.8, 4) is 5.75 Å². The van der Waals surface area contributed by atoms with Crippen LogP contribution in [0.1, 0.15) is 44.3 Å². The van der Waals surface area contributed by atoms with E-state index in [9.17, 15) is 5.11 Å². The van der Waals surface area contributed by atoms with Crippen LogP contribution in [-0.4, -0.2) is 18.8 Å². The molecule has 0 radical (unpaired) electrons. The second-order valence-electron chi connectivity index (χ2n) is 5.95. The summed E-state index contributed by atoms with van der Waals surface area (Å²) in [5, 5.41) is 10.8. The molecule has 3 heteroatoms. The Kier molecular flexibility index (Phi) is 4.48. The Morgan fingerprint density at radius 1 is 1.53 bits per heavy atom. The maximum absolute atomic E-state index is 10.8. The monoisotopic (exact) mass is 263 g/mol. The third-order valence-electron chi connectivity index (χ3n) is 4.52. The highest BCUT2D eigenvalue weighted by molar-refractivity contribution is 5.31. The Hall–Kier alpha value is -1.06. The molecule has 1 saturated carbocycles. The van der Waals surface area contributed by atoms with Crippen molar-refractivity contribution in [2.45, 2.75) is 38.7 Å². The van der Waals surface area contributed by atoms with Gasteiger partial charge >= 0.3 is 0 Å². The van der Waals surface area contributed by atoms with Crippen molar-refractivity contribution in [2.24, 2.45) is 17.1 Å². The Bertz CT molecular complexity index is 421. The van der Waals surface area contributed by atoms with Crippen LogP contribution < -0.4 is 10.5 Å². The fraction of sp³-hybridized carbons (Fsp3) is 0.625. The van der Waals surface area contributed by atoms with Crippen molar-refractivity contribution < 1.29 is 9.84 Å². The first-order valence-electron chi connectivity index (χ1n) is 7.13. The molecule has 1 aromatic rings. The first-order valence-corrected chi connectivity index (χ1v) is 7.13. The number of ether oxygens (including phenoxy) is 1. The van der Waals surface area contributed by atoms with Crippen molar-refractivity contribution in [1.82, 2.24) is 0 Å². The number of nitrogens with two attached hydrogens (primary N) is 1. The quantitative estimate of drug-likeness (QED) is 0.878. The Morgan fingerprint density at radius 2 is 2.32 bits per heavy atom. The average molecular weight is 263 g/mol. The Morgan fingerprint density at radius 3 is 2.95 bits per heavy atom. The van der Waals surface area contributed by atoms with Gasteiger partial charge in [0.05, 0.1) is 13.2 Å². The number of aliphatic hydroxyl groups is 1. The molecule has 0 saturated heterocycles. The van der Waals surface area contributed by atoms with E-state index in [4.69, 9.17) is 10.5 Å². The molecule has 3 atom stereocenters. The molecule has 1 aliphatic rings. The van der Waals surface area contributed by atoms with Gasteiger partial charge in [-0.3, -0.25) is 0 Å². The first-order chi connectivity index (χ1) is 9.11. The summed E-state index contributed by atoms with van der Waals surface area (Å²) in [6, 6.07) is 7.70. The number of rotatable bonds is 4. The van der Waals surface area contributed by atoms with Crippen molar-refractivity contribution in [1.29, 1.82) is 0 Å². The van der Waals surface area contributed by atoms with Crippen LogP contribution in [-0.2, 0) is 0 Å². The maximum atomic E-state index is 10.8. The molecule has 19 heavy (non-hydrogen) atoms. The summed E-state index contributed by atoms with van der Waals surface area (Å²) in [6.45, 7) is 2.79. The molecule has 0 spiro atoms. The van der Waals surface area contributed by atoms with Crippen LogP contribution >= 0.6 is 0 Å². The van der Waals surface area contributed by atoms with E-state index in [2.05, 4.69) is 6.92 Å². The van der Waals surface area contributed by atoms with Crippen LogP contribution in [0.5, 0.6) is 5.75 Å². The molecule has 1 aromatic carbocycles. The van der Waals surface area contributed by atoms with E-state index in [-0.39, 0.29) is 5.41 Å². The maximum Gasteiger partial charge on any atom is 0.119 e. The number of aliphatic hydroxyl groups excluding tert-OH is 1. The van der Waals surface area contributed by atoms with Gasteiger partial charge in [-0.05, 0) is 36.5 Å². The van der Waals surface area contributed by atoms with Gasteiger partial charge < -0.3 is 15.6 Å². The van der Waals surface area contributed by atoms with Gasteiger partial charge in [0.1, 0.15) is 5.75 Å². The number of benzene rings is 1. The van der Waals surface area contributed by atoms with Gasteiger partial charge in [0.2, 0.25) is 0 Å².